The maximum Gasteiger partial charge on any atom is 0.0219 e. The molecule has 0 saturated heterocycles. The van der Waals surface area contributed by atoms with Crippen LogP contribution in [0.2, 0.25) is 0 Å². The summed E-state index contributed by atoms with van der Waals surface area (Å²) in [6, 6.07) is 0. The van der Waals surface area contributed by atoms with Crippen LogP contribution in [0.1, 0.15) is 13.8 Å². The van der Waals surface area contributed by atoms with Gasteiger partial charge in [-0.1, -0.05) is 12.2 Å². The van der Waals surface area contributed by atoms with Gasteiger partial charge < -0.3 is 4.90 Å². The molecule has 1 heteroatoms. The Labute approximate surface area is 57.7 Å². The Morgan fingerprint density at radius 2 is 1.67 bits per heavy atom. The van der Waals surface area contributed by atoms with E-state index in [2.05, 4.69) is 6.92 Å². The van der Waals surface area contributed by atoms with Crippen LogP contribution in [0, 0.1) is 6.92 Å². The molecule has 0 unspecified atom stereocenters. The lowest BCUT2D eigenvalue weighted by molar-refractivity contribution is 0.562. The Morgan fingerprint density at radius 3 is 1.89 bits per heavy atom. The smallest absolute Gasteiger partial charge is 0.0219 e. The van der Waals surface area contributed by atoms with Crippen LogP contribution in [0.4, 0.5) is 0 Å². The van der Waals surface area contributed by atoms with Gasteiger partial charge in [0.1, 0.15) is 0 Å². The van der Waals surface area contributed by atoms with Crippen LogP contribution in [-0.4, -0.2) is 11.4 Å². The molecule has 0 aliphatic heterocycles. The third kappa shape index (κ3) is 3.83. The molecular formula is C8H14N. The first-order valence-corrected chi connectivity index (χ1v) is 3.15. The van der Waals surface area contributed by atoms with Gasteiger partial charge >= 0.3 is 0 Å². The van der Waals surface area contributed by atoms with Gasteiger partial charge in [0.15, 0.2) is 0 Å². The lowest BCUT2D eigenvalue weighted by atomic mass is 10.5. The Morgan fingerprint density at radius 1 is 1.22 bits per heavy atom. The van der Waals surface area contributed by atoms with Crippen LogP contribution >= 0.6 is 0 Å². The van der Waals surface area contributed by atoms with Crippen LogP contribution in [0.3, 0.4) is 0 Å². The second-order valence-electron chi connectivity index (χ2n) is 1.70. The van der Waals surface area contributed by atoms with E-state index in [4.69, 9.17) is 0 Å². The minimum absolute atomic E-state index is 0.786. The van der Waals surface area contributed by atoms with E-state index in [1.165, 1.54) is 0 Å². The van der Waals surface area contributed by atoms with Crippen molar-refractivity contribution in [2.75, 3.05) is 6.54 Å². The molecule has 1 nitrogen and oxygen atoms in total. The first-order chi connectivity index (χ1) is 4.35. The van der Waals surface area contributed by atoms with Crippen molar-refractivity contribution in [3.8, 4) is 0 Å². The number of nitrogens with zero attached hydrogens (tertiary/aromatic N) is 1. The van der Waals surface area contributed by atoms with Gasteiger partial charge in [0.05, 0.1) is 0 Å². The summed E-state index contributed by atoms with van der Waals surface area (Å²) in [6.07, 6.45) is 7.97. The summed E-state index contributed by atoms with van der Waals surface area (Å²) >= 11 is 0. The molecule has 9 heavy (non-hydrogen) atoms. The van der Waals surface area contributed by atoms with E-state index in [0.717, 1.165) is 6.54 Å². The van der Waals surface area contributed by atoms with E-state index < -0.39 is 0 Å². The van der Waals surface area contributed by atoms with Gasteiger partial charge in [-0.05, 0) is 33.2 Å². The van der Waals surface area contributed by atoms with Crippen LogP contribution in [0.5, 0.6) is 0 Å². The van der Waals surface area contributed by atoms with Gasteiger partial charge in [0.25, 0.3) is 0 Å². The molecule has 51 valence electrons. The standard InChI is InChI=1S/C8H14N/c1-4-7-9(6-3)8-5-2/h4-5,7-8H,3,6H2,1-2H3/b7-4-,8-5-. The molecule has 0 amide bonds. The Hall–Kier alpha value is -0.720. The van der Waals surface area contributed by atoms with E-state index in [1.54, 1.807) is 0 Å². The van der Waals surface area contributed by atoms with Crippen LogP contribution in [0.25, 0.3) is 0 Å². The predicted octanol–water partition coefficient (Wildman–Crippen LogP) is 2.19. The highest BCUT2D eigenvalue weighted by Gasteiger charge is 1.82. The van der Waals surface area contributed by atoms with Crippen molar-refractivity contribution in [3.05, 3.63) is 31.5 Å². The Balaban J connectivity index is 3.68. The maximum absolute atomic E-state index is 3.75. The third-order valence-electron chi connectivity index (χ3n) is 0.939. The minimum Gasteiger partial charge on any atom is -0.355 e. The molecule has 0 bridgehead atoms. The first-order valence-electron chi connectivity index (χ1n) is 3.15. The van der Waals surface area contributed by atoms with E-state index in [9.17, 15) is 0 Å². The number of allylic oxidation sites excluding steroid dienone is 2. The molecule has 0 aliphatic rings. The van der Waals surface area contributed by atoms with Crippen LogP contribution in [0.15, 0.2) is 24.6 Å². The molecule has 0 aromatic carbocycles. The van der Waals surface area contributed by atoms with Crippen LogP contribution in [-0.2, 0) is 0 Å². The summed E-state index contributed by atoms with van der Waals surface area (Å²) in [5, 5.41) is 0. The van der Waals surface area contributed by atoms with Crippen molar-refractivity contribution in [1.29, 1.82) is 0 Å². The highest BCUT2D eigenvalue weighted by molar-refractivity contribution is 4.89. The van der Waals surface area contributed by atoms with Gasteiger partial charge in [-0.15, -0.1) is 0 Å². The topological polar surface area (TPSA) is 3.24 Å². The van der Waals surface area contributed by atoms with Crippen molar-refractivity contribution in [2.24, 2.45) is 0 Å². The molecule has 0 heterocycles. The maximum atomic E-state index is 3.75. The van der Waals surface area contributed by atoms with Gasteiger partial charge in [-0.2, -0.15) is 0 Å². The molecule has 0 N–H and O–H groups in total. The van der Waals surface area contributed by atoms with Crippen molar-refractivity contribution in [1.82, 2.24) is 4.90 Å². The normalized spacial score (nSPS) is 11.4. The summed E-state index contributed by atoms with van der Waals surface area (Å²) in [5.41, 5.74) is 0. The van der Waals surface area contributed by atoms with Gasteiger partial charge in [-0.3, -0.25) is 0 Å². The number of rotatable bonds is 3. The second-order valence-corrected chi connectivity index (χ2v) is 1.70. The quantitative estimate of drug-likeness (QED) is 0.557. The van der Waals surface area contributed by atoms with Gasteiger partial charge in [-0.25, -0.2) is 0 Å². The second kappa shape index (κ2) is 5.42. The summed E-state index contributed by atoms with van der Waals surface area (Å²) in [5.74, 6) is 0. The van der Waals surface area contributed by atoms with E-state index in [-0.39, 0.29) is 0 Å². The SMILES string of the molecule is [CH2]CN(/C=C\C)/C=C\C. The summed E-state index contributed by atoms with van der Waals surface area (Å²) in [6.45, 7) is 8.52. The lowest BCUT2D eigenvalue weighted by Gasteiger charge is -2.10. The van der Waals surface area contributed by atoms with Crippen molar-refractivity contribution in [3.63, 3.8) is 0 Å². The number of hydrogen-bond donors (Lipinski definition) is 0. The Bertz CT molecular complexity index is 91.1. The molecule has 0 atom stereocenters. The fourth-order valence-electron chi connectivity index (χ4n) is 0.582. The molecule has 0 aliphatic carbocycles. The first kappa shape index (κ1) is 8.28. The lowest BCUT2D eigenvalue weighted by Crippen LogP contribution is -2.07. The van der Waals surface area contributed by atoms with Gasteiger partial charge in [0.2, 0.25) is 0 Å². The van der Waals surface area contributed by atoms with E-state index >= 15 is 0 Å². The fraction of sp³-hybridized carbons (Fsp3) is 0.375. The minimum atomic E-state index is 0.786. The molecule has 0 fully saturated rings. The molecular weight excluding hydrogens is 110 g/mol. The molecule has 0 aromatic heterocycles. The third-order valence-corrected chi connectivity index (χ3v) is 0.939. The van der Waals surface area contributed by atoms with Crippen molar-refractivity contribution < 1.29 is 0 Å². The van der Waals surface area contributed by atoms with Crippen LogP contribution < -0.4 is 0 Å². The average molecular weight is 124 g/mol. The average Bonchev–Trinajstić information content (AvgIpc) is 1.88. The van der Waals surface area contributed by atoms with E-state index in [1.807, 2.05) is 43.3 Å². The Kier molecular flexibility index (Phi) is 4.98. The molecule has 0 saturated carbocycles. The predicted molar refractivity (Wildman–Crippen MR) is 41.7 cm³/mol. The zero-order valence-electron chi connectivity index (χ0n) is 6.17. The van der Waals surface area contributed by atoms with Gasteiger partial charge in [0, 0.05) is 6.54 Å². The monoisotopic (exact) mass is 124 g/mol. The van der Waals surface area contributed by atoms with E-state index in [0.29, 0.717) is 0 Å². The van der Waals surface area contributed by atoms with Crippen molar-refractivity contribution in [2.45, 2.75) is 13.8 Å². The highest BCUT2D eigenvalue weighted by atomic mass is 15.1. The van der Waals surface area contributed by atoms with Crippen molar-refractivity contribution >= 4 is 0 Å². The molecule has 0 rings (SSSR count). The zero-order chi connectivity index (χ0) is 7.11. The largest absolute Gasteiger partial charge is 0.355 e. The molecule has 0 aromatic rings. The highest BCUT2D eigenvalue weighted by Crippen LogP contribution is 1.89. The zero-order valence-corrected chi connectivity index (χ0v) is 6.17. The fourth-order valence-corrected chi connectivity index (χ4v) is 0.582. The summed E-state index contributed by atoms with van der Waals surface area (Å²) in [4.78, 5) is 2.01. The molecule has 0 spiro atoms. The summed E-state index contributed by atoms with van der Waals surface area (Å²) in [7, 11) is 0. The summed E-state index contributed by atoms with van der Waals surface area (Å²) < 4.78 is 0. The number of hydrogen-bond acceptors (Lipinski definition) is 1. The molecule has 1 radical (unpaired) electrons.